The quantitative estimate of drug-likeness (QED) is 0.374. The Labute approximate surface area is 175 Å². The fraction of sp³-hybridized carbons (Fsp3) is 0.0952. The van der Waals surface area contributed by atoms with Gasteiger partial charge in [0.1, 0.15) is 16.9 Å². The molecule has 0 saturated heterocycles. The molecule has 0 aliphatic carbocycles. The number of rotatable bonds is 6. The van der Waals surface area contributed by atoms with Gasteiger partial charge in [-0.2, -0.15) is 4.80 Å². The number of ether oxygens (including phenoxy) is 1. The highest BCUT2D eigenvalue weighted by molar-refractivity contribution is 5.95. The van der Waals surface area contributed by atoms with Crippen LogP contribution >= 0.6 is 0 Å². The predicted molar refractivity (Wildman–Crippen MR) is 111 cm³/mol. The number of hydrogen-bond donors (Lipinski definition) is 1. The minimum Gasteiger partial charge on any atom is -0.477 e. The van der Waals surface area contributed by atoms with Crippen LogP contribution in [-0.2, 0) is 4.79 Å². The predicted octanol–water partition coefficient (Wildman–Crippen LogP) is 3.79. The Morgan fingerprint density at radius 1 is 1.13 bits per heavy atom. The van der Waals surface area contributed by atoms with Gasteiger partial charge >= 0.3 is 5.69 Å². The Morgan fingerprint density at radius 2 is 1.81 bits per heavy atom. The summed E-state index contributed by atoms with van der Waals surface area (Å²) < 4.78 is 18.4. The molecule has 0 bridgehead atoms. The molecule has 9 nitrogen and oxygen atoms in total. The molecule has 3 aromatic carbocycles. The van der Waals surface area contributed by atoms with Crippen molar-refractivity contribution in [2.75, 3.05) is 11.9 Å². The number of nitro groups is 1. The van der Waals surface area contributed by atoms with E-state index >= 15 is 0 Å². The van der Waals surface area contributed by atoms with Crippen LogP contribution < -0.4 is 10.1 Å². The Bertz CT molecular complexity index is 1290. The van der Waals surface area contributed by atoms with Crippen molar-refractivity contribution in [3.63, 3.8) is 0 Å². The van der Waals surface area contributed by atoms with Crippen molar-refractivity contribution in [2.24, 2.45) is 0 Å². The van der Waals surface area contributed by atoms with Gasteiger partial charge in [-0.1, -0.05) is 12.1 Å². The average molecular weight is 421 g/mol. The van der Waals surface area contributed by atoms with Crippen molar-refractivity contribution in [3.8, 4) is 11.4 Å². The molecule has 0 unspecified atom stereocenters. The number of carbonyl (C=O) groups is 1. The number of nitrogens with zero attached hydrogens (tertiary/aromatic N) is 4. The van der Waals surface area contributed by atoms with Crippen LogP contribution in [0.1, 0.15) is 5.56 Å². The zero-order valence-electron chi connectivity index (χ0n) is 16.3. The summed E-state index contributed by atoms with van der Waals surface area (Å²) in [4.78, 5) is 24.2. The number of hydrogen-bond acceptors (Lipinski definition) is 6. The van der Waals surface area contributed by atoms with Crippen molar-refractivity contribution in [1.82, 2.24) is 15.0 Å². The molecular formula is C21H16FN5O4. The van der Waals surface area contributed by atoms with Crippen LogP contribution in [-0.4, -0.2) is 32.4 Å². The van der Waals surface area contributed by atoms with Gasteiger partial charge in [-0.25, -0.2) is 4.39 Å². The van der Waals surface area contributed by atoms with Gasteiger partial charge < -0.3 is 10.1 Å². The molecule has 1 heterocycles. The number of para-hydroxylation sites is 2. The SMILES string of the molecule is Cc1cc2nn(-c3ccc(F)cc3)nc2cc1NC(=O)COc1ccccc1[N+](=O)[O-]. The first-order valence-electron chi connectivity index (χ1n) is 9.20. The van der Waals surface area contributed by atoms with E-state index in [9.17, 15) is 19.3 Å². The molecule has 0 aliphatic heterocycles. The molecule has 0 atom stereocenters. The van der Waals surface area contributed by atoms with Gasteiger partial charge in [0.25, 0.3) is 5.91 Å². The Morgan fingerprint density at radius 3 is 2.52 bits per heavy atom. The third kappa shape index (κ3) is 4.32. The summed E-state index contributed by atoms with van der Waals surface area (Å²) in [6.07, 6.45) is 0. The molecular weight excluding hydrogens is 405 g/mol. The number of nitro benzene ring substituents is 1. The summed E-state index contributed by atoms with van der Waals surface area (Å²) in [5.41, 5.74) is 2.78. The Balaban J connectivity index is 1.50. The molecule has 156 valence electrons. The smallest absolute Gasteiger partial charge is 0.310 e. The zero-order valence-corrected chi connectivity index (χ0v) is 16.3. The summed E-state index contributed by atoms with van der Waals surface area (Å²) in [7, 11) is 0. The maximum Gasteiger partial charge on any atom is 0.310 e. The summed E-state index contributed by atoms with van der Waals surface area (Å²) in [6.45, 7) is 1.40. The third-order valence-electron chi connectivity index (χ3n) is 4.48. The number of aryl methyl sites for hydroxylation is 1. The molecule has 0 radical (unpaired) electrons. The highest BCUT2D eigenvalue weighted by atomic mass is 19.1. The second-order valence-corrected chi connectivity index (χ2v) is 6.68. The van der Waals surface area contributed by atoms with Crippen LogP contribution in [0.25, 0.3) is 16.7 Å². The fourth-order valence-corrected chi connectivity index (χ4v) is 2.95. The molecule has 4 aromatic rings. The highest BCUT2D eigenvalue weighted by Gasteiger charge is 2.16. The molecule has 4 rings (SSSR count). The van der Waals surface area contributed by atoms with E-state index in [4.69, 9.17) is 4.74 Å². The van der Waals surface area contributed by atoms with Crippen LogP contribution in [0.15, 0.2) is 60.7 Å². The van der Waals surface area contributed by atoms with Crippen LogP contribution in [0, 0.1) is 22.9 Å². The van der Waals surface area contributed by atoms with E-state index in [1.807, 2.05) is 0 Å². The lowest BCUT2D eigenvalue weighted by Gasteiger charge is -2.09. The first-order valence-corrected chi connectivity index (χ1v) is 9.20. The Hall–Kier alpha value is -4.34. The van der Waals surface area contributed by atoms with Gasteiger partial charge in [0, 0.05) is 11.8 Å². The molecule has 0 aliphatic rings. The fourth-order valence-electron chi connectivity index (χ4n) is 2.95. The molecule has 0 saturated carbocycles. The summed E-state index contributed by atoms with van der Waals surface area (Å²) in [6, 6.07) is 15.0. The number of nitrogens with one attached hydrogen (secondary N) is 1. The molecule has 0 fully saturated rings. The minimum absolute atomic E-state index is 0.0112. The maximum atomic E-state index is 13.1. The van der Waals surface area contributed by atoms with E-state index in [2.05, 4.69) is 15.5 Å². The third-order valence-corrected chi connectivity index (χ3v) is 4.48. The van der Waals surface area contributed by atoms with E-state index in [0.29, 0.717) is 22.4 Å². The van der Waals surface area contributed by atoms with E-state index < -0.39 is 17.4 Å². The summed E-state index contributed by atoms with van der Waals surface area (Å²) in [5.74, 6) is -0.826. The van der Waals surface area contributed by atoms with E-state index in [-0.39, 0.29) is 17.3 Å². The number of fused-ring (bicyclic) bond motifs is 1. The molecule has 1 amide bonds. The first-order chi connectivity index (χ1) is 14.9. The van der Waals surface area contributed by atoms with Crippen molar-refractivity contribution >= 4 is 28.3 Å². The van der Waals surface area contributed by atoms with Gasteiger partial charge in [-0.15, -0.1) is 10.2 Å². The lowest BCUT2D eigenvalue weighted by molar-refractivity contribution is -0.385. The number of anilines is 1. The van der Waals surface area contributed by atoms with Crippen molar-refractivity contribution in [2.45, 2.75) is 6.92 Å². The topological polar surface area (TPSA) is 112 Å². The number of halogens is 1. The van der Waals surface area contributed by atoms with Crippen molar-refractivity contribution in [3.05, 3.63) is 82.2 Å². The Kier molecular flexibility index (Phi) is 5.27. The standard InChI is InChI=1S/C21H16FN5O4/c1-13-10-17-18(25-26(24-17)15-8-6-14(22)7-9-15)11-16(13)23-21(28)12-31-20-5-3-2-4-19(20)27(29)30/h2-11H,12H2,1H3,(H,23,28). The second kappa shape index (κ2) is 8.19. The number of aromatic nitrogens is 3. The van der Waals surface area contributed by atoms with Gasteiger partial charge in [0.05, 0.1) is 10.6 Å². The zero-order chi connectivity index (χ0) is 22.0. The van der Waals surface area contributed by atoms with E-state index in [1.165, 1.54) is 35.1 Å². The average Bonchev–Trinajstić information content (AvgIpc) is 3.15. The van der Waals surface area contributed by atoms with Crippen LogP contribution in [0.5, 0.6) is 5.75 Å². The highest BCUT2D eigenvalue weighted by Crippen LogP contribution is 2.26. The number of amides is 1. The molecule has 1 aromatic heterocycles. The molecule has 1 N–H and O–H groups in total. The normalized spacial score (nSPS) is 10.8. The molecule has 31 heavy (non-hydrogen) atoms. The van der Waals surface area contributed by atoms with Gasteiger partial charge in [-0.05, 0) is 55.0 Å². The van der Waals surface area contributed by atoms with Gasteiger partial charge in [0.15, 0.2) is 12.4 Å². The number of carbonyl (C=O) groups excluding carboxylic acids is 1. The molecule has 0 spiro atoms. The summed E-state index contributed by atoms with van der Waals surface area (Å²) >= 11 is 0. The second-order valence-electron chi connectivity index (χ2n) is 6.68. The van der Waals surface area contributed by atoms with E-state index in [0.717, 1.165) is 5.56 Å². The monoisotopic (exact) mass is 421 g/mol. The largest absolute Gasteiger partial charge is 0.477 e. The van der Waals surface area contributed by atoms with Crippen LogP contribution in [0.2, 0.25) is 0 Å². The van der Waals surface area contributed by atoms with E-state index in [1.54, 1.807) is 37.3 Å². The van der Waals surface area contributed by atoms with Gasteiger partial charge in [0.2, 0.25) is 0 Å². The van der Waals surface area contributed by atoms with Crippen molar-refractivity contribution in [1.29, 1.82) is 0 Å². The lowest BCUT2D eigenvalue weighted by atomic mass is 10.1. The van der Waals surface area contributed by atoms with Crippen LogP contribution in [0.3, 0.4) is 0 Å². The maximum absolute atomic E-state index is 13.1. The number of benzene rings is 3. The van der Waals surface area contributed by atoms with Gasteiger partial charge in [-0.3, -0.25) is 14.9 Å². The summed E-state index contributed by atoms with van der Waals surface area (Å²) in [5, 5.41) is 22.5. The first kappa shape index (κ1) is 20.0. The van der Waals surface area contributed by atoms with Crippen molar-refractivity contribution < 1.29 is 18.8 Å². The molecule has 10 heteroatoms. The lowest BCUT2D eigenvalue weighted by Crippen LogP contribution is -2.21. The minimum atomic E-state index is -0.574. The van der Waals surface area contributed by atoms with Crippen LogP contribution in [0.4, 0.5) is 15.8 Å².